The molecule has 1 aromatic carbocycles. The van der Waals surface area contributed by atoms with Crippen molar-refractivity contribution in [2.75, 3.05) is 5.32 Å². The zero-order chi connectivity index (χ0) is 18.5. The summed E-state index contributed by atoms with van der Waals surface area (Å²) in [6.07, 6.45) is 12.0. The van der Waals surface area contributed by atoms with Crippen LogP contribution in [0.3, 0.4) is 0 Å². The Balaban J connectivity index is 1.74. The molecule has 4 heteroatoms. The van der Waals surface area contributed by atoms with Crippen LogP contribution < -0.4 is 5.32 Å². The lowest BCUT2D eigenvalue weighted by atomic mass is 9.95. The molecule has 1 aliphatic rings. The predicted molar refractivity (Wildman–Crippen MR) is 105 cm³/mol. The van der Waals surface area contributed by atoms with Gasteiger partial charge in [0.2, 0.25) is 0 Å². The highest BCUT2D eigenvalue weighted by Crippen LogP contribution is 2.28. The van der Waals surface area contributed by atoms with E-state index in [1.165, 1.54) is 32.1 Å². The summed E-state index contributed by atoms with van der Waals surface area (Å²) < 4.78 is 2.22. The Morgan fingerprint density at radius 1 is 1.23 bits per heavy atom. The largest absolute Gasteiger partial charge is 0.351 e. The van der Waals surface area contributed by atoms with Crippen molar-refractivity contribution in [1.82, 2.24) is 4.57 Å². The van der Waals surface area contributed by atoms with Crippen molar-refractivity contribution >= 4 is 17.7 Å². The molecule has 0 spiro atoms. The monoisotopic (exact) mass is 347 g/mol. The number of carbonyl (C=O) groups excluding carboxylic acids is 1. The number of aryl methyl sites for hydroxylation is 2. The summed E-state index contributed by atoms with van der Waals surface area (Å²) in [6, 6.07) is 10.4. The van der Waals surface area contributed by atoms with Crippen LogP contribution in [0.2, 0.25) is 0 Å². The fourth-order valence-electron chi connectivity index (χ4n) is 3.58. The lowest BCUT2D eigenvalue weighted by Crippen LogP contribution is -2.14. The molecule has 26 heavy (non-hydrogen) atoms. The summed E-state index contributed by atoms with van der Waals surface area (Å²) in [7, 11) is 0. The average molecular weight is 347 g/mol. The molecule has 1 fully saturated rings. The smallest absolute Gasteiger partial charge is 0.266 e. The Bertz CT molecular complexity index is 864. The van der Waals surface area contributed by atoms with Gasteiger partial charge in [-0.15, -0.1) is 0 Å². The first-order valence-electron chi connectivity index (χ1n) is 9.24. The van der Waals surface area contributed by atoms with Gasteiger partial charge < -0.3 is 9.88 Å². The minimum atomic E-state index is -0.370. The van der Waals surface area contributed by atoms with Crippen molar-refractivity contribution in [1.29, 1.82) is 5.26 Å². The predicted octanol–water partition coefficient (Wildman–Crippen LogP) is 5.16. The molecule has 0 saturated heterocycles. The van der Waals surface area contributed by atoms with Crippen molar-refractivity contribution in [2.24, 2.45) is 0 Å². The van der Waals surface area contributed by atoms with Gasteiger partial charge in [0.1, 0.15) is 11.6 Å². The quantitative estimate of drug-likeness (QED) is 0.614. The first-order valence-corrected chi connectivity index (χ1v) is 9.24. The highest BCUT2D eigenvalue weighted by atomic mass is 16.1. The topological polar surface area (TPSA) is 57.8 Å². The summed E-state index contributed by atoms with van der Waals surface area (Å²) in [4.78, 5) is 12.5. The van der Waals surface area contributed by atoms with Gasteiger partial charge in [0, 0.05) is 24.1 Å². The van der Waals surface area contributed by atoms with Gasteiger partial charge in [-0.2, -0.15) is 5.26 Å². The number of nitriles is 1. The van der Waals surface area contributed by atoms with Gasteiger partial charge in [0.15, 0.2) is 0 Å². The molecule has 4 nitrogen and oxygen atoms in total. The van der Waals surface area contributed by atoms with Gasteiger partial charge in [-0.25, -0.2) is 0 Å². The van der Waals surface area contributed by atoms with Crippen LogP contribution in [0, 0.1) is 25.2 Å². The van der Waals surface area contributed by atoms with Crippen LogP contribution in [0.4, 0.5) is 5.69 Å². The van der Waals surface area contributed by atoms with Gasteiger partial charge >= 0.3 is 0 Å². The van der Waals surface area contributed by atoms with E-state index in [9.17, 15) is 10.1 Å². The number of nitrogens with one attached hydrogen (secondary N) is 1. The Morgan fingerprint density at radius 2 is 2.00 bits per heavy atom. The third-order valence-corrected chi connectivity index (χ3v) is 5.04. The molecule has 0 unspecified atom stereocenters. The maximum absolute atomic E-state index is 12.5. The molecule has 1 aromatic heterocycles. The molecule has 1 saturated carbocycles. The van der Waals surface area contributed by atoms with Crippen molar-refractivity contribution < 1.29 is 4.79 Å². The second-order valence-electron chi connectivity index (χ2n) is 7.13. The van der Waals surface area contributed by atoms with Crippen molar-refractivity contribution in [3.63, 3.8) is 0 Å². The summed E-state index contributed by atoms with van der Waals surface area (Å²) in [5.41, 5.74) is 3.87. The summed E-state index contributed by atoms with van der Waals surface area (Å²) in [6.45, 7) is 3.96. The summed E-state index contributed by atoms with van der Waals surface area (Å²) >= 11 is 0. The normalized spacial score (nSPS) is 15.5. The minimum Gasteiger partial charge on any atom is -0.351 e. The van der Waals surface area contributed by atoms with Gasteiger partial charge in [-0.05, 0) is 56.0 Å². The summed E-state index contributed by atoms with van der Waals surface area (Å²) in [5.74, 6) is -0.370. The highest BCUT2D eigenvalue weighted by Gasteiger charge is 2.15. The molecule has 134 valence electrons. The van der Waals surface area contributed by atoms with Crippen LogP contribution in [0.5, 0.6) is 0 Å². The standard InChI is InChI=1S/C22H25N3O/c1-16-8-9-21(17(2)12-16)24-22(26)19(14-23)13-18-10-11-25(15-18)20-6-4-3-5-7-20/h8-13,15,20H,3-7H2,1-2H3,(H,24,26)/b19-13+. The number of anilines is 1. The van der Waals surface area contributed by atoms with Crippen LogP contribution in [0.1, 0.15) is 54.8 Å². The van der Waals surface area contributed by atoms with Gasteiger partial charge in [-0.3, -0.25) is 4.79 Å². The molecular weight excluding hydrogens is 322 g/mol. The number of nitrogens with zero attached hydrogens (tertiary/aromatic N) is 2. The molecule has 1 aliphatic carbocycles. The zero-order valence-corrected chi connectivity index (χ0v) is 15.5. The van der Waals surface area contributed by atoms with Gasteiger partial charge in [0.25, 0.3) is 5.91 Å². The third-order valence-electron chi connectivity index (χ3n) is 5.04. The molecule has 0 radical (unpaired) electrons. The number of rotatable bonds is 4. The van der Waals surface area contributed by atoms with E-state index in [0.717, 1.165) is 22.4 Å². The second-order valence-corrected chi connectivity index (χ2v) is 7.13. The molecule has 1 N–H and O–H groups in total. The molecule has 3 rings (SSSR count). The van der Waals surface area contributed by atoms with E-state index < -0.39 is 0 Å². The Kier molecular flexibility index (Phi) is 5.58. The van der Waals surface area contributed by atoms with Crippen LogP contribution in [0.15, 0.2) is 42.2 Å². The minimum absolute atomic E-state index is 0.117. The lowest BCUT2D eigenvalue weighted by Gasteiger charge is -2.23. The fourth-order valence-corrected chi connectivity index (χ4v) is 3.58. The maximum atomic E-state index is 12.5. The van der Waals surface area contributed by atoms with E-state index >= 15 is 0 Å². The molecular formula is C22H25N3O. The number of hydrogen-bond acceptors (Lipinski definition) is 2. The number of aromatic nitrogens is 1. The molecule has 0 bridgehead atoms. The van der Waals surface area contributed by atoms with Crippen molar-refractivity contribution in [3.8, 4) is 6.07 Å². The molecule has 1 heterocycles. The van der Waals surface area contributed by atoms with E-state index in [4.69, 9.17) is 0 Å². The second kappa shape index (κ2) is 8.05. The van der Waals surface area contributed by atoms with E-state index in [1.54, 1.807) is 6.08 Å². The first-order chi connectivity index (χ1) is 12.6. The SMILES string of the molecule is Cc1ccc(NC(=O)/C(C#N)=C/c2ccn(C3CCCCC3)c2)c(C)c1. The Hall–Kier alpha value is -2.80. The van der Waals surface area contributed by atoms with E-state index in [1.807, 2.05) is 50.4 Å². The first kappa shape index (κ1) is 18.0. The zero-order valence-electron chi connectivity index (χ0n) is 15.5. The van der Waals surface area contributed by atoms with Crippen LogP contribution >= 0.6 is 0 Å². The molecule has 0 atom stereocenters. The Morgan fingerprint density at radius 3 is 2.69 bits per heavy atom. The van der Waals surface area contributed by atoms with E-state index in [2.05, 4.69) is 16.1 Å². The molecule has 0 aliphatic heterocycles. The van der Waals surface area contributed by atoms with Crippen molar-refractivity contribution in [3.05, 3.63) is 58.9 Å². The van der Waals surface area contributed by atoms with Gasteiger partial charge in [-0.1, -0.05) is 37.0 Å². The third kappa shape index (κ3) is 4.23. The average Bonchev–Trinajstić information content (AvgIpc) is 3.11. The van der Waals surface area contributed by atoms with Crippen LogP contribution in [0.25, 0.3) is 6.08 Å². The summed E-state index contributed by atoms with van der Waals surface area (Å²) in [5, 5.41) is 12.3. The van der Waals surface area contributed by atoms with E-state index in [0.29, 0.717) is 6.04 Å². The number of amides is 1. The lowest BCUT2D eigenvalue weighted by molar-refractivity contribution is -0.112. The Labute approximate surface area is 155 Å². The van der Waals surface area contributed by atoms with Crippen LogP contribution in [-0.2, 0) is 4.79 Å². The maximum Gasteiger partial charge on any atom is 0.266 e. The number of carbonyl (C=O) groups is 1. The number of hydrogen-bond donors (Lipinski definition) is 1. The fraction of sp³-hybridized carbons (Fsp3) is 0.364. The van der Waals surface area contributed by atoms with Crippen LogP contribution in [-0.4, -0.2) is 10.5 Å². The molecule has 1 amide bonds. The van der Waals surface area contributed by atoms with Crippen molar-refractivity contribution in [2.45, 2.75) is 52.0 Å². The number of benzene rings is 1. The van der Waals surface area contributed by atoms with E-state index in [-0.39, 0.29) is 11.5 Å². The highest BCUT2D eigenvalue weighted by molar-refractivity contribution is 6.09. The molecule has 2 aromatic rings. The van der Waals surface area contributed by atoms with Gasteiger partial charge in [0.05, 0.1) is 0 Å².